The van der Waals surface area contributed by atoms with Crippen molar-refractivity contribution in [1.82, 2.24) is 14.5 Å². The first-order chi connectivity index (χ1) is 17.6. The molecule has 0 aliphatic heterocycles. The number of carbonyl (C=O) groups excluding carboxylic acids is 2. The number of hydrogen-bond acceptors (Lipinski definition) is 4. The highest BCUT2D eigenvalue weighted by atomic mass is 16.3. The van der Waals surface area contributed by atoms with Gasteiger partial charge >= 0.3 is 0 Å². The number of nitrogens with one attached hydrogen (secondary N) is 2. The Balaban J connectivity index is 1.74. The zero-order chi connectivity index (χ0) is 26.7. The highest BCUT2D eigenvalue weighted by Gasteiger charge is 2.24. The molecule has 3 aromatic carbocycles. The van der Waals surface area contributed by atoms with Gasteiger partial charge in [-0.2, -0.15) is 0 Å². The Bertz CT molecular complexity index is 1510. The van der Waals surface area contributed by atoms with Crippen LogP contribution in [-0.2, 0) is 29.8 Å². The summed E-state index contributed by atoms with van der Waals surface area (Å²) < 4.78 is 3.63. The third kappa shape index (κ3) is 5.50. The normalized spacial score (nSPS) is 11.6. The van der Waals surface area contributed by atoms with Crippen molar-refractivity contribution in [1.29, 1.82) is 5.41 Å². The van der Waals surface area contributed by atoms with Crippen molar-refractivity contribution in [2.75, 3.05) is 0 Å². The van der Waals surface area contributed by atoms with E-state index in [-0.39, 0.29) is 36.1 Å². The monoisotopic (exact) mass is 498 g/mol. The van der Waals surface area contributed by atoms with E-state index in [4.69, 9.17) is 5.41 Å². The molecule has 0 bridgehead atoms. The summed E-state index contributed by atoms with van der Waals surface area (Å²) in [5.74, 6) is -0.211. The van der Waals surface area contributed by atoms with Gasteiger partial charge in [0.05, 0.1) is 24.1 Å². The molecule has 192 valence electrons. The first-order valence-electron chi connectivity index (χ1n) is 12.5. The summed E-state index contributed by atoms with van der Waals surface area (Å²) in [5.41, 5.74) is 4.17. The van der Waals surface area contributed by atoms with Gasteiger partial charge in [0.25, 0.3) is 0 Å². The molecule has 0 radical (unpaired) electrons. The summed E-state index contributed by atoms with van der Waals surface area (Å²) in [6.07, 6.45) is 0.335. The van der Waals surface area contributed by atoms with Crippen LogP contribution in [0, 0.1) is 5.41 Å². The van der Waals surface area contributed by atoms with Gasteiger partial charge in [0.15, 0.2) is 5.78 Å². The van der Waals surface area contributed by atoms with Gasteiger partial charge in [-0.15, -0.1) is 0 Å². The number of nitrogens with zero attached hydrogens (tertiary/aromatic N) is 2. The van der Waals surface area contributed by atoms with Crippen molar-refractivity contribution in [3.63, 3.8) is 0 Å². The van der Waals surface area contributed by atoms with E-state index in [0.717, 1.165) is 16.6 Å². The van der Waals surface area contributed by atoms with Crippen LogP contribution in [0.4, 0.5) is 0 Å². The molecule has 4 aromatic rings. The lowest BCUT2D eigenvalue weighted by atomic mass is 9.83. The fraction of sp³-hybridized carbons (Fsp3) is 0.300. The van der Waals surface area contributed by atoms with Crippen molar-refractivity contribution >= 4 is 22.7 Å². The lowest BCUT2D eigenvalue weighted by Gasteiger charge is -2.23. The Morgan fingerprint density at radius 1 is 0.946 bits per heavy atom. The maximum Gasteiger partial charge on any atom is 0.219 e. The van der Waals surface area contributed by atoms with Gasteiger partial charge in [-0.1, -0.05) is 70.2 Å². The number of benzene rings is 3. The van der Waals surface area contributed by atoms with Crippen molar-refractivity contribution in [3.8, 4) is 5.75 Å². The Labute approximate surface area is 216 Å². The predicted octanol–water partition coefficient (Wildman–Crippen LogP) is 4.88. The summed E-state index contributed by atoms with van der Waals surface area (Å²) in [6, 6.07) is 21.1. The average molecular weight is 499 g/mol. The summed E-state index contributed by atoms with van der Waals surface area (Å²) >= 11 is 0. The van der Waals surface area contributed by atoms with E-state index >= 15 is 0 Å². The van der Waals surface area contributed by atoms with Gasteiger partial charge in [0.1, 0.15) is 5.75 Å². The van der Waals surface area contributed by atoms with Crippen LogP contribution in [0.3, 0.4) is 0 Å². The van der Waals surface area contributed by atoms with Crippen LogP contribution in [0.15, 0.2) is 66.7 Å². The molecule has 0 fully saturated rings. The molecular formula is C30H34N4O3. The minimum atomic E-state index is -0.413. The average Bonchev–Trinajstić information content (AvgIpc) is 3.13. The third-order valence-electron chi connectivity index (χ3n) is 6.58. The standard InChI is InChI=1S/C30H34N4O3/c1-5-27(36)32-17-22-15-21(16-23(28(22)37)30(2,3)4)26(35)19-34-25-14-10-9-13-24(25)33(29(34)31)18-20-11-7-6-8-12-20/h6-16,31,37H,5,17-19H2,1-4H3,(H,32,36). The van der Waals surface area contributed by atoms with E-state index < -0.39 is 5.41 Å². The topological polar surface area (TPSA) is 100 Å². The van der Waals surface area contributed by atoms with Gasteiger partial charge in [0.2, 0.25) is 11.5 Å². The molecule has 37 heavy (non-hydrogen) atoms. The molecule has 0 saturated carbocycles. The molecule has 3 N–H and O–H groups in total. The smallest absolute Gasteiger partial charge is 0.219 e. The number of fused-ring (bicyclic) bond motifs is 1. The van der Waals surface area contributed by atoms with Crippen LogP contribution < -0.4 is 10.9 Å². The molecule has 0 aliphatic rings. The third-order valence-corrected chi connectivity index (χ3v) is 6.58. The number of Topliss-reactive ketones (excluding diaryl/α,β-unsaturated/α-hetero) is 1. The first-order valence-corrected chi connectivity index (χ1v) is 12.5. The maximum absolute atomic E-state index is 13.6. The number of ketones is 1. The minimum Gasteiger partial charge on any atom is -0.507 e. The van der Waals surface area contributed by atoms with Crippen molar-refractivity contribution in [2.24, 2.45) is 0 Å². The Morgan fingerprint density at radius 3 is 2.19 bits per heavy atom. The fourth-order valence-electron chi connectivity index (χ4n) is 4.50. The van der Waals surface area contributed by atoms with Crippen LogP contribution in [0.1, 0.15) is 61.2 Å². The van der Waals surface area contributed by atoms with E-state index in [1.807, 2.05) is 79.9 Å². The Morgan fingerprint density at radius 2 is 1.57 bits per heavy atom. The second-order valence-corrected chi connectivity index (χ2v) is 10.3. The van der Waals surface area contributed by atoms with Crippen molar-refractivity contribution in [2.45, 2.75) is 59.2 Å². The number of rotatable bonds is 8. The predicted molar refractivity (Wildman–Crippen MR) is 145 cm³/mol. The quantitative estimate of drug-likeness (QED) is 0.302. The molecule has 1 aromatic heterocycles. The molecule has 7 heteroatoms. The van der Waals surface area contributed by atoms with Crippen LogP contribution in [0.2, 0.25) is 0 Å². The van der Waals surface area contributed by atoms with Gasteiger partial charge in [-0.05, 0) is 35.2 Å². The largest absolute Gasteiger partial charge is 0.507 e. The van der Waals surface area contributed by atoms with E-state index in [9.17, 15) is 14.7 Å². The Hall–Kier alpha value is -4.13. The van der Waals surface area contributed by atoms with E-state index in [1.54, 1.807) is 23.6 Å². The summed E-state index contributed by atoms with van der Waals surface area (Å²) in [5, 5.41) is 22.6. The number of imidazole rings is 1. The number of aromatic hydroxyl groups is 1. The molecule has 1 heterocycles. The SMILES string of the molecule is CCC(=O)NCc1cc(C(=O)Cn2c(=N)n(Cc3ccccc3)c3ccccc32)cc(C(C)(C)C)c1O. The number of carbonyl (C=O) groups is 2. The maximum atomic E-state index is 13.6. The molecule has 0 unspecified atom stereocenters. The zero-order valence-electron chi connectivity index (χ0n) is 21.8. The van der Waals surface area contributed by atoms with E-state index in [1.165, 1.54) is 0 Å². The number of hydrogen-bond donors (Lipinski definition) is 3. The number of aromatic nitrogens is 2. The molecule has 0 saturated heterocycles. The molecular weight excluding hydrogens is 464 g/mol. The molecule has 1 amide bonds. The zero-order valence-corrected chi connectivity index (χ0v) is 21.8. The fourth-order valence-corrected chi connectivity index (χ4v) is 4.50. The van der Waals surface area contributed by atoms with Crippen molar-refractivity contribution < 1.29 is 14.7 Å². The van der Waals surface area contributed by atoms with Gasteiger partial charge in [0, 0.05) is 29.7 Å². The second-order valence-electron chi connectivity index (χ2n) is 10.3. The lowest BCUT2D eigenvalue weighted by Crippen LogP contribution is -2.28. The molecule has 7 nitrogen and oxygen atoms in total. The summed E-state index contributed by atoms with van der Waals surface area (Å²) in [6.45, 7) is 8.32. The van der Waals surface area contributed by atoms with Crippen LogP contribution in [0.5, 0.6) is 5.75 Å². The molecule has 0 spiro atoms. The minimum absolute atomic E-state index is 0.0176. The number of para-hydroxylation sites is 2. The van der Waals surface area contributed by atoms with E-state index in [2.05, 4.69) is 5.32 Å². The summed E-state index contributed by atoms with van der Waals surface area (Å²) in [7, 11) is 0. The molecule has 0 atom stereocenters. The first kappa shape index (κ1) is 25.9. The van der Waals surface area contributed by atoms with Crippen LogP contribution >= 0.6 is 0 Å². The van der Waals surface area contributed by atoms with Crippen LogP contribution in [0.25, 0.3) is 11.0 Å². The second kappa shape index (κ2) is 10.5. The molecule has 0 aliphatic carbocycles. The number of phenolic OH excluding ortho intramolecular Hbond substituents is 1. The highest BCUT2D eigenvalue weighted by molar-refractivity contribution is 5.97. The lowest BCUT2D eigenvalue weighted by molar-refractivity contribution is -0.120. The van der Waals surface area contributed by atoms with Gasteiger partial charge in [-0.25, -0.2) is 0 Å². The van der Waals surface area contributed by atoms with Gasteiger partial charge in [-0.3, -0.25) is 15.0 Å². The number of amides is 1. The highest BCUT2D eigenvalue weighted by Crippen LogP contribution is 2.35. The Kier molecular flexibility index (Phi) is 7.34. The van der Waals surface area contributed by atoms with E-state index in [0.29, 0.717) is 29.7 Å². The molecule has 4 rings (SSSR count). The van der Waals surface area contributed by atoms with Crippen molar-refractivity contribution in [3.05, 3.63) is 94.6 Å². The summed E-state index contributed by atoms with van der Waals surface area (Å²) in [4.78, 5) is 25.5. The number of phenols is 1. The van der Waals surface area contributed by atoms with Gasteiger partial charge < -0.3 is 19.6 Å². The van der Waals surface area contributed by atoms with Crippen LogP contribution in [-0.4, -0.2) is 25.9 Å².